The number of anilines is 2. The normalized spacial score (nSPS) is 11.2. The van der Waals surface area contributed by atoms with Gasteiger partial charge in [-0.15, -0.1) is 10.2 Å². The van der Waals surface area contributed by atoms with Gasteiger partial charge in [0, 0.05) is 6.20 Å². The molecule has 0 unspecified atom stereocenters. The third-order valence-electron chi connectivity index (χ3n) is 3.52. The smallest absolute Gasteiger partial charge is 0.263 e. The summed E-state index contributed by atoms with van der Waals surface area (Å²) in [7, 11) is -3.87. The van der Waals surface area contributed by atoms with Crippen LogP contribution in [0.5, 0.6) is 0 Å². The van der Waals surface area contributed by atoms with E-state index in [1.54, 1.807) is 12.3 Å². The molecule has 0 aliphatic carbocycles. The van der Waals surface area contributed by atoms with E-state index >= 15 is 0 Å². The Balaban J connectivity index is 1.67. The fourth-order valence-corrected chi connectivity index (χ4v) is 3.23. The van der Waals surface area contributed by atoms with Crippen molar-refractivity contribution < 1.29 is 12.8 Å². The summed E-state index contributed by atoms with van der Waals surface area (Å²) in [6.45, 7) is 1.96. The van der Waals surface area contributed by atoms with Gasteiger partial charge in [-0.25, -0.2) is 12.8 Å². The maximum absolute atomic E-state index is 13.3. The van der Waals surface area contributed by atoms with Crippen LogP contribution in [0.3, 0.4) is 0 Å². The monoisotopic (exact) mass is 373 g/mol. The van der Waals surface area contributed by atoms with E-state index in [0.717, 1.165) is 11.8 Å². The zero-order valence-electron chi connectivity index (χ0n) is 13.8. The van der Waals surface area contributed by atoms with Gasteiger partial charge in [0.05, 0.1) is 17.1 Å². The molecule has 2 heterocycles. The van der Waals surface area contributed by atoms with E-state index in [2.05, 4.69) is 25.2 Å². The lowest BCUT2D eigenvalue weighted by Gasteiger charge is -2.09. The molecule has 0 radical (unpaired) electrons. The van der Waals surface area contributed by atoms with Crippen molar-refractivity contribution in [3.05, 3.63) is 71.8 Å². The van der Waals surface area contributed by atoms with Gasteiger partial charge in [-0.1, -0.05) is 6.07 Å². The highest BCUT2D eigenvalue weighted by atomic mass is 32.2. The van der Waals surface area contributed by atoms with Crippen molar-refractivity contribution in [3.8, 4) is 0 Å². The Labute approximate surface area is 150 Å². The number of halogens is 1. The minimum atomic E-state index is -3.87. The summed E-state index contributed by atoms with van der Waals surface area (Å²) >= 11 is 0. The van der Waals surface area contributed by atoms with Gasteiger partial charge in [0.1, 0.15) is 11.6 Å². The lowest BCUT2D eigenvalue weighted by molar-refractivity contribution is 0.598. The van der Waals surface area contributed by atoms with Crippen molar-refractivity contribution in [2.45, 2.75) is 18.4 Å². The van der Waals surface area contributed by atoms with Gasteiger partial charge in [-0.05, 0) is 55.0 Å². The second-order valence-corrected chi connectivity index (χ2v) is 7.18. The average Bonchev–Trinajstić information content (AvgIpc) is 2.64. The molecule has 1 aromatic carbocycles. The van der Waals surface area contributed by atoms with Crippen molar-refractivity contribution in [1.29, 1.82) is 0 Å². The van der Waals surface area contributed by atoms with E-state index in [-0.39, 0.29) is 16.3 Å². The Morgan fingerprint density at radius 3 is 2.46 bits per heavy atom. The topological polar surface area (TPSA) is 96.9 Å². The molecule has 0 amide bonds. The van der Waals surface area contributed by atoms with Crippen LogP contribution in [-0.2, 0) is 16.6 Å². The second kappa shape index (κ2) is 7.44. The van der Waals surface area contributed by atoms with Crippen LogP contribution in [-0.4, -0.2) is 23.6 Å². The van der Waals surface area contributed by atoms with Crippen LogP contribution in [0.25, 0.3) is 0 Å². The first-order chi connectivity index (χ1) is 12.4. The standard InChI is InChI=1S/C17H16FN5O2S/c1-12-10-14(5-6-15(12)18)26(24,25)23-17-8-7-16(21-22-17)20-11-13-4-2-3-9-19-13/h2-10H,11H2,1H3,(H,20,21)(H,22,23). The van der Waals surface area contributed by atoms with E-state index in [4.69, 9.17) is 0 Å². The average molecular weight is 373 g/mol. The molecular weight excluding hydrogens is 357 g/mol. The third kappa shape index (κ3) is 4.31. The van der Waals surface area contributed by atoms with Gasteiger partial charge in [0.15, 0.2) is 5.82 Å². The Bertz CT molecular complexity index is 995. The van der Waals surface area contributed by atoms with Crippen molar-refractivity contribution in [1.82, 2.24) is 15.2 Å². The van der Waals surface area contributed by atoms with Crippen molar-refractivity contribution in [2.24, 2.45) is 0 Å². The first-order valence-corrected chi connectivity index (χ1v) is 9.19. The SMILES string of the molecule is Cc1cc(S(=O)(=O)Nc2ccc(NCc3ccccn3)nn2)ccc1F. The molecule has 2 N–H and O–H groups in total. The van der Waals surface area contributed by atoms with E-state index in [9.17, 15) is 12.8 Å². The summed E-state index contributed by atoms with van der Waals surface area (Å²) in [5.41, 5.74) is 1.08. The van der Waals surface area contributed by atoms with Gasteiger partial charge < -0.3 is 5.32 Å². The molecule has 9 heteroatoms. The number of aromatic nitrogens is 3. The number of benzene rings is 1. The number of hydrogen-bond donors (Lipinski definition) is 2. The van der Waals surface area contributed by atoms with Crippen molar-refractivity contribution in [2.75, 3.05) is 10.0 Å². The fourth-order valence-electron chi connectivity index (χ4n) is 2.15. The Morgan fingerprint density at radius 1 is 1.04 bits per heavy atom. The number of nitrogens with zero attached hydrogens (tertiary/aromatic N) is 3. The highest BCUT2D eigenvalue weighted by Gasteiger charge is 2.16. The van der Waals surface area contributed by atoms with Crippen molar-refractivity contribution >= 4 is 21.7 Å². The van der Waals surface area contributed by atoms with Crippen LogP contribution in [0, 0.1) is 12.7 Å². The van der Waals surface area contributed by atoms with Gasteiger partial charge in [-0.2, -0.15) is 0 Å². The number of hydrogen-bond acceptors (Lipinski definition) is 6. The minimum absolute atomic E-state index is 0.0458. The number of pyridine rings is 1. The van der Waals surface area contributed by atoms with Crippen LogP contribution < -0.4 is 10.0 Å². The highest BCUT2D eigenvalue weighted by molar-refractivity contribution is 7.92. The van der Waals surface area contributed by atoms with Gasteiger partial charge >= 0.3 is 0 Å². The number of nitrogens with one attached hydrogen (secondary N) is 2. The van der Waals surface area contributed by atoms with Gasteiger partial charge in [0.2, 0.25) is 0 Å². The van der Waals surface area contributed by atoms with E-state index in [0.29, 0.717) is 12.4 Å². The highest BCUT2D eigenvalue weighted by Crippen LogP contribution is 2.17. The first kappa shape index (κ1) is 17.7. The zero-order valence-corrected chi connectivity index (χ0v) is 14.7. The van der Waals surface area contributed by atoms with Crippen LogP contribution in [0.15, 0.2) is 59.6 Å². The number of aryl methyl sites for hydroxylation is 1. The molecule has 0 aliphatic rings. The van der Waals surface area contributed by atoms with Crippen LogP contribution in [0.2, 0.25) is 0 Å². The largest absolute Gasteiger partial charge is 0.363 e. The first-order valence-electron chi connectivity index (χ1n) is 7.70. The predicted octanol–water partition coefficient (Wildman–Crippen LogP) is 2.73. The fraction of sp³-hybridized carbons (Fsp3) is 0.118. The summed E-state index contributed by atoms with van der Waals surface area (Å²) in [6.07, 6.45) is 1.69. The van der Waals surface area contributed by atoms with E-state index in [1.165, 1.54) is 25.1 Å². The summed E-state index contributed by atoms with van der Waals surface area (Å²) in [5, 5.41) is 10.8. The Hall–Kier alpha value is -3.07. The molecule has 0 saturated carbocycles. The molecule has 0 fully saturated rings. The molecule has 3 aromatic rings. The van der Waals surface area contributed by atoms with E-state index < -0.39 is 15.8 Å². The predicted molar refractivity (Wildman–Crippen MR) is 95.5 cm³/mol. The van der Waals surface area contributed by atoms with Crippen LogP contribution in [0.4, 0.5) is 16.0 Å². The molecule has 7 nitrogen and oxygen atoms in total. The van der Waals surface area contributed by atoms with Crippen LogP contribution >= 0.6 is 0 Å². The minimum Gasteiger partial charge on any atom is -0.363 e. The maximum Gasteiger partial charge on any atom is 0.263 e. The molecule has 0 atom stereocenters. The second-order valence-electron chi connectivity index (χ2n) is 5.49. The summed E-state index contributed by atoms with van der Waals surface area (Å²) < 4.78 is 40.3. The molecule has 0 spiro atoms. The lowest BCUT2D eigenvalue weighted by atomic mass is 10.2. The van der Waals surface area contributed by atoms with Crippen LogP contribution in [0.1, 0.15) is 11.3 Å². The number of sulfonamides is 1. The molecule has 26 heavy (non-hydrogen) atoms. The molecule has 0 saturated heterocycles. The molecule has 134 valence electrons. The van der Waals surface area contributed by atoms with Gasteiger partial charge in [0.25, 0.3) is 10.0 Å². The molecule has 2 aromatic heterocycles. The lowest BCUT2D eigenvalue weighted by Crippen LogP contribution is -2.15. The molecular formula is C17H16FN5O2S. The Kier molecular flexibility index (Phi) is 5.08. The third-order valence-corrected chi connectivity index (χ3v) is 4.87. The Morgan fingerprint density at radius 2 is 1.81 bits per heavy atom. The molecule has 0 bridgehead atoms. The summed E-state index contributed by atoms with van der Waals surface area (Å²) in [5.74, 6) is 0.0821. The quantitative estimate of drug-likeness (QED) is 0.690. The number of rotatable bonds is 6. The molecule has 3 rings (SSSR count). The van der Waals surface area contributed by atoms with Crippen molar-refractivity contribution in [3.63, 3.8) is 0 Å². The zero-order chi connectivity index (χ0) is 18.6. The van der Waals surface area contributed by atoms with Gasteiger partial charge in [-0.3, -0.25) is 9.71 Å². The summed E-state index contributed by atoms with van der Waals surface area (Å²) in [6, 6.07) is 12.2. The maximum atomic E-state index is 13.3. The van der Waals surface area contributed by atoms with E-state index in [1.807, 2.05) is 18.2 Å². The summed E-state index contributed by atoms with van der Waals surface area (Å²) in [4.78, 5) is 4.13. The molecule has 0 aliphatic heterocycles.